The fourth-order valence-corrected chi connectivity index (χ4v) is 3.86. The van der Waals surface area contributed by atoms with Crippen molar-refractivity contribution in [2.24, 2.45) is 17.8 Å². The molecule has 0 aromatic heterocycles. The van der Waals surface area contributed by atoms with E-state index in [9.17, 15) is 14.9 Å². The highest BCUT2D eigenvalue weighted by atomic mass is 16.6. The van der Waals surface area contributed by atoms with E-state index in [2.05, 4.69) is 10.6 Å². The van der Waals surface area contributed by atoms with Gasteiger partial charge in [0.1, 0.15) is 5.69 Å². The molecule has 2 bridgehead atoms. The maximum absolute atomic E-state index is 12.2. The van der Waals surface area contributed by atoms with E-state index in [1.807, 2.05) is 0 Å². The Balaban J connectivity index is 1.44. The first kappa shape index (κ1) is 14.8. The van der Waals surface area contributed by atoms with Crippen LogP contribution in [0.2, 0.25) is 0 Å². The van der Waals surface area contributed by atoms with E-state index >= 15 is 0 Å². The van der Waals surface area contributed by atoms with Gasteiger partial charge in [-0.1, -0.05) is 18.6 Å². The molecule has 2 saturated carbocycles. The van der Waals surface area contributed by atoms with Crippen LogP contribution in [0, 0.1) is 27.9 Å². The Bertz CT molecular complexity index is 576. The molecule has 2 fully saturated rings. The monoisotopic (exact) mass is 303 g/mol. The molecule has 0 saturated heterocycles. The van der Waals surface area contributed by atoms with E-state index in [0.717, 1.165) is 12.3 Å². The van der Waals surface area contributed by atoms with Gasteiger partial charge in [-0.3, -0.25) is 14.9 Å². The lowest BCUT2D eigenvalue weighted by molar-refractivity contribution is -0.384. The third-order valence-electron chi connectivity index (χ3n) is 4.92. The summed E-state index contributed by atoms with van der Waals surface area (Å²) < 4.78 is 0. The molecule has 1 aromatic carbocycles. The molecule has 1 aromatic rings. The van der Waals surface area contributed by atoms with Crippen LogP contribution in [-0.4, -0.2) is 23.9 Å². The van der Waals surface area contributed by atoms with Crippen LogP contribution in [0.4, 0.5) is 11.4 Å². The van der Waals surface area contributed by atoms with Crippen LogP contribution in [0.15, 0.2) is 24.3 Å². The van der Waals surface area contributed by atoms with Gasteiger partial charge >= 0.3 is 0 Å². The van der Waals surface area contributed by atoms with Crippen LogP contribution in [0.5, 0.6) is 0 Å². The van der Waals surface area contributed by atoms with Crippen LogP contribution in [0.3, 0.4) is 0 Å². The van der Waals surface area contributed by atoms with E-state index < -0.39 is 4.92 Å². The van der Waals surface area contributed by atoms with Crippen molar-refractivity contribution in [3.63, 3.8) is 0 Å². The van der Waals surface area contributed by atoms with Crippen LogP contribution in [0.1, 0.15) is 25.7 Å². The SMILES string of the molecule is O=C(NCCNc1ccccc1[N+](=O)[O-])[C@@H]1C[C@H]2CC[C@H]1C2. The van der Waals surface area contributed by atoms with Gasteiger partial charge in [0.2, 0.25) is 5.91 Å². The molecule has 0 aliphatic heterocycles. The maximum Gasteiger partial charge on any atom is 0.292 e. The van der Waals surface area contributed by atoms with Crippen molar-refractivity contribution in [1.29, 1.82) is 0 Å². The van der Waals surface area contributed by atoms with Gasteiger partial charge in [0.05, 0.1) is 4.92 Å². The van der Waals surface area contributed by atoms with E-state index in [4.69, 9.17) is 0 Å². The Morgan fingerprint density at radius 3 is 2.73 bits per heavy atom. The van der Waals surface area contributed by atoms with Gasteiger partial charge in [-0.15, -0.1) is 0 Å². The topological polar surface area (TPSA) is 84.3 Å². The number of amides is 1. The van der Waals surface area contributed by atoms with Gasteiger partial charge in [-0.25, -0.2) is 0 Å². The molecular weight excluding hydrogens is 282 g/mol. The van der Waals surface area contributed by atoms with Crippen molar-refractivity contribution in [3.8, 4) is 0 Å². The fourth-order valence-electron chi connectivity index (χ4n) is 3.86. The second kappa shape index (κ2) is 6.34. The van der Waals surface area contributed by atoms with Gasteiger partial charge < -0.3 is 10.6 Å². The predicted octanol–water partition coefficient (Wildman–Crippen LogP) is 2.56. The number of nitrogens with zero attached hydrogens (tertiary/aromatic N) is 1. The predicted molar refractivity (Wildman–Crippen MR) is 83.5 cm³/mol. The van der Waals surface area contributed by atoms with Crippen molar-refractivity contribution >= 4 is 17.3 Å². The molecule has 0 unspecified atom stereocenters. The summed E-state index contributed by atoms with van der Waals surface area (Å²) in [6, 6.07) is 6.54. The Hall–Kier alpha value is -2.11. The van der Waals surface area contributed by atoms with Gasteiger partial charge in [-0.05, 0) is 37.2 Å². The number of nitrogens with one attached hydrogen (secondary N) is 2. The molecule has 118 valence electrons. The third-order valence-corrected chi connectivity index (χ3v) is 4.92. The smallest absolute Gasteiger partial charge is 0.292 e. The van der Waals surface area contributed by atoms with Gasteiger partial charge in [-0.2, -0.15) is 0 Å². The van der Waals surface area contributed by atoms with E-state index in [1.54, 1.807) is 18.2 Å². The largest absolute Gasteiger partial charge is 0.378 e. The zero-order chi connectivity index (χ0) is 15.5. The zero-order valence-corrected chi connectivity index (χ0v) is 12.5. The normalized spacial score (nSPS) is 25.9. The van der Waals surface area contributed by atoms with E-state index in [1.165, 1.54) is 25.3 Å². The minimum atomic E-state index is -0.407. The first-order valence-electron chi connectivity index (χ1n) is 7.90. The van der Waals surface area contributed by atoms with Crippen molar-refractivity contribution in [2.45, 2.75) is 25.7 Å². The molecular formula is C16H21N3O3. The number of nitro benzene ring substituents is 1. The molecule has 0 radical (unpaired) electrons. The number of fused-ring (bicyclic) bond motifs is 2. The average Bonchev–Trinajstić information content (AvgIpc) is 3.14. The van der Waals surface area contributed by atoms with Crippen molar-refractivity contribution in [2.75, 3.05) is 18.4 Å². The molecule has 0 spiro atoms. The first-order valence-corrected chi connectivity index (χ1v) is 7.90. The minimum absolute atomic E-state index is 0.0573. The Morgan fingerprint density at radius 1 is 1.23 bits per heavy atom. The van der Waals surface area contributed by atoms with Crippen LogP contribution in [0.25, 0.3) is 0 Å². The number of benzene rings is 1. The second-order valence-corrected chi connectivity index (χ2v) is 6.27. The number of nitro groups is 1. The molecule has 22 heavy (non-hydrogen) atoms. The number of rotatable bonds is 6. The number of hydrogen-bond donors (Lipinski definition) is 2. The molecule has 6 heteroatoms. The van der Waals surface area contributed by atoms with Crippen molar-refractivity contribution in [1.82, 2.24) is 5.32 Å². The highest BCUT2D eigenvalue weighted by Crippen LogP contribution is 2.48. The Labute approximate surface area is 129 Å². The summed E-state index contributed by atoms with van der Waals surface area (Å²) >= 11 is 0. The molecule has 1 amide bonds. The summed E-state index contributed by atoms with van der Waals surface area (Å²) in [5.74, 6) is 1.67. The number of para-hydroxylation sites is 2. The lowest BCUT2D eigenvalue weighted by Crippen LogP contribution is -2.36. The lowest BCUT2D eigenvalue weighted by atomic mass is 9.88. The highest BCUT2D eigenvalue weighted by molar-refractivity contribution is 5.79. The van der Waals surface area contributed by atoms with Crippen LogP contribution < -0.4 is 10.6 Å². The fraction of sp³-hybridized carbons (Fsp3) is 0.562. The molecule has 6 nitrogen and oxygen atoms in total. The Morgan fingerprint density at radius 2 is 2.05 bits per heavy atom. The zero-order valence-electron chi connectivity index (χ0n) is 12.5. The number of hydrogen-bond acceptors (Lipinski definition) is 4. The Kier molecular flexibility index (Phi) is 4.27. The summed E-state index contributed by atoms with van der Waals surface area (Å²) in [4.78, 5) is 22.7. The summed E-state index contributed by atoms with van der Waals surface area (Å²) in [5, 5.41) is 16.9. The summed E-state index contributed by atoms with van der Waals surface area (Å²) in [6.07, 6.45) is 4.73. The molecule has 0 heterocycles. The molecule has 2 aliphatic rings. The number of carbonyl (C=O) groups is 1. The second-order valence-electron chi connectivity index (χ2n) is 6.27. The minimum Gasteiger partial charge on any atom is -0.378 e. The first-order chi connectivity index (χ1) is 10.6. The molecule has 3 atom stereocenters. The van der Waals surface area contributed by atoms with Gasteiger partial charge in [0.25, 0.3) is 5.69 Å². The van der Waals surface area contributed by atoms with Crippen molar-refractivity contribution < 1.29 is 9.72 Å². The number of anilines is 1. The molecule has 2 N–H and O–H groups in total. The number of carbonyl (C=O) groups excluding carboxylic acids is 1. The summed E-state index contributed by atoms with van der Waals surface area (Å²) in [6.45, 7) is 0.968. The van der Waals surface area contributed by atoms with Crippen molar-refractivity contribution in [3.05, 3.63) is 34.4 Å². The lowest BCUT2D eigenvalue weighted by Gasteiger charge is -2.20. The summed E-state index contributed by atoms with van der Waals surface area (Å²) in [7, 11) is 0. The average molecular weight is 303 g/mol. The quantitative estimate of drug-likeness (QED) is 0.480. The van der Waals surface area contributed by atoms with Gasteiger partial charge in [0, 0.05) is 25.1 Å². The van der Waals surface area contributed by atoms with Crippen LogP contribution in [-0.2, 0) is 4.79 Å². The van der Waals surface area contributed by atoms with E-state index in [0.29, 0.717) is 24.7 Å². The highest BCUT2D eigenvalue weighted by Gasteiger charge is 2.42. The van der Waals surface area contributed by atoms with Crippen LogP contribution >= 0.6 is 0 Å². The maximum atomic E-state index is 12.2. The molecule has 2 aliphatic carbocycles. The van der Waals surface area contributed by atoms with Gasteiger partial charge in [0.15, 0.2) is 0 Å². The standard InChI is InChI=1S/C16H21N3O3/c20-16(13-10-11-5-6-12(13)9-11)18-8-7-17-14-3-1-2-4-15(14)19(21)22/h1-4,11-13,17H,5-10H2,(H,18,20)/t11-,12-,13+/m0/s1. The third kappa shape index (κ3) is 3.05. The summed E-state index contributed by atoms with van der Waals surface area (Å²) in [5.41, 5.74) is 0.545. The van der Waals surface area contributed by atoms with E-state index in [-0.39, 0.29) is 17.5 Å². The molecule has 3 rings (SSSR count).